The van der Waals surface area contributed by atoms with Crippen LogP contribution in [0, 0.1) is 10.1 Å². The van der Waals surface area contributed by atoms with E-state index in [1.807, 2.05) is 16.9 Å². The lowest BCUT2D eigenvalue weighted by atomic mass is 10.3. The van der Waals surface area contributed by atoms with E-state index < -0.39 is 4.92 Å². The highest BCUT2D eigenvalue weighted by Crippen LogP contribution is 2.16. The standard InChI is InChI=1S/C13H16N4O3/c18-17(19)12-2-4-13(5-3-12)20-11-8-14-7-10-16-9-1-6-15-16/h1-6,9,14H,7-8,10-11H2. The van der Waals surface area contributed by atoms with Crippen LogP contribution in [0.1, 0.15) is 0 Å². The van der Waals surface area contributed by atoms with Crippen molar-refractivity contribution in [2.75, 3.05) is 19.7 Å². The number of ether oxygens (including phenoxy) is 1. The van der Waals surface area contributed by atoms with Gasteiger partial charge in [0.05, 0.1) is 11.5 Å². The highest BCUT2D eigenvalue weighted by atomic mass is 16.6. The van der Waals surface area contributed by atoms with E-state index in [9.17, 15) is 10.1 Å². The van der Waals surface area contributed by atoms with E-state index in [4.69, 9.17) is 4.74 Å². The summed E-state index contributed by atoms with van der Waals surface area (Å²) in [6, 6.07) is 7.95. The molecule has 7 heteroatoms. The molecule has 0 saturated heterocycles. The number of nitrogens with zero attached hydrogens (tertiary/aromatic N) is 3. The molecule has 0 fully saturated rings. The fourth-order valence-electron chi connectivity index (χ4n) is 1.66. The third-order valence-electron chi connectivity index (χ3n) is 2.67. The lowest BCUT2D eigenvalue weighted by Crippen LogP contribution is -2.25. The molecule has 0 radical (unpaired) electrons. The Morgan fingerprint density at radius 2 is 2.10 bits per heavy atom. The average Bonchev–Trinajstić information content (AvgIpc) is 2.96. The van der Waals surface area contributed by atoms with Crippen molar-refractivity contribution in [3.63, 3.8) is 0 Å². The second-order valence-corrected chi connectivity index (χ2v) is 4.12. The molecule has 1 N–H and O–H groups in total. The minimum atomic E-state index is -0.430. The third kappa shape index (κ3) is 4.36. The van der Waals surface area contributed by atoms with Crippen LogP contribution in [0.25, 0.3) is 0 Å². The summed E-state index contributed by atoms with van der Waals surface area (Å²) in [5.41, 5.74) is 0.0645. The lowest BCUT2D eigenvalue weighted by molar-refractivity contribution is -0.384. The highest BCUT2D eigenvalue weighted by molar-refractivity contribution is 5.35. The van der Waals surface area contributed by atoms with E-state index in [1.54, 1.807) is 18.3 Å². The van der Waals surface area contributed by atoms with Crippen molar-refractivity contribution < 1.29 is 9.66 Å². The third-order valence-corrected chi connectivity index (χ3v) is 2.67. The molecule has 0 unspecified atom stereocenters. The van der Waals surface area contributed by atoms with Crippen molar-refractivity contribution in [3.8, 4) is 5.75 Å². The van der Waals surface area contributed by atoms with Gasteiger partial charge in [0, 0.05) is 37.6 Å². The first-order chi connectivity index (χ1) is 9.75. The predicted molar refractivity (Wildman–Crippen MR) is 73.7 cm³/mol. The predicted octanol–water partition coefficient (Wildman–Crippen LogP) is 1.46. The van der Waals surface area contributed by atoms with Crippen LogP contribution in [-0.2, 0) is 6.54 Å². The van der Waals surface area contributed by atoms with Gasteiger partial charge in [-0.05, 0) is 18.2 Å². The van der Waals surface area contributed by atoms with Crippen LogP contribution in [0.4, 0.5) is 5.69 Å². The van der Waals surface area contributed by atoms with E-state index in [-0.39, 0.29) is 5.69 Å². The van der Waals surface area contributed by atoms with Gasteiger partial charge < -0.3 is 10.1 Å². The molecule has 106 valence electrons. The number of nitro benzene ring substituents is 1. The van der Waals surface area contributed by atoms with E-state index in [0.717, 1.165) is 13.1 Å². The van der Waals surface area contributed by atoms with Crippen molar-refractivity contribution in [2.45, 2.75) is 6.54 Å². The van der Waals surface area contributed by atoms with Crippen LogP contribution in [-0.4, -0.2) is 34.4 Å². The molecule has 7 nitrogen and oxygen atoms in total. The van der Waals surface area contributed by atoms with Gasteiger partial charge in [-0.25, -0.2) is 0 Å². The average molecular weight is 276 g/mol. The summed E-state index contributed by atoms with van der Waals surface area (Å²) in [7, 11) is 0. The van der Waals surface area contributed by atoms with E-state index >= 15 is 0 Å². The summed E-state index contributed by atoms with van der Waals surface area (Å²) in [6.45, 7) is 2.84. The quantitative estimate of drug-likeness (QED) is 0.448. The van der Waals surface area contributed by atoms with Crippen molar-refractivity contribution in [1.82, 2.24) is 15.1 Å². The molecular formula is C13H16N4O3. The van der Waals surface area contributed by atoms with E-state index in [2.05, 4.69) is 10.4 Å². The minimum absolute atomic E-state index is 0.0645. The summed E-state index contributed by atoms with van der Waals surface area (Å²) in [4.78, 5) is 10.1. The van der Waals surface area contributed by atoms with Gasteiger partial charge in [0.25, 0.3) is 5.69 Å². The van der Waals surface area contributed by atoms with Gasteiger partial charge in [-0.15, -0.1) is 0 Å². The number of aromatic nitrogens is 2. The normalized spacial score (nSPS) is 10.4. The molecule has 0 saturated carbocycles. The first-order valence-corrected chi connectivity index (χ1v) is 6.31. The number of nitro groups is 1. The molecule has 2 aromatic rings. The molecule has 0 bridgehead atoms. The van der Waals surface area contributed by atoms with Crippen LogP contribution in [0.5, 0.6) is 5.75 Å². The van der Waals surface area contributed by atoms with Crippen molar-refractivity contribution >= 4 is 5.69 Å². The number of hydrogen-bond donors (Lipinski definition) is 1. The number of rotatable bonds is 8. The Bertz CT molecular complexity index is 525. The van der Waals surface area contributed by atoms with Crippen molar-refractivity contribution in [3.05, 3.63) is 52.8 Å². The van der Waals surface area contributed by atoms with E-state index in [1.165, 1.54) is 12.1 Å². The Balaban J connectivity index is 1.59. The first-order valence-electron chi connectivity index (χ1n) is 6.31. The summed E-state index contributed by atoms with van der Waals surface area (Å²) in [5.74, 6) is 0.629. The van der Waals surface area contributed by atoms with Crippen LogP contribution < -0.4 is 10.1 Å². The summed E-state index contributed by atoms with van der Waals surface area (Å²) < 4.78 is 7.32. The zero-order valence-corrected chi connectivity index (χ0v) is 10.9. The number of benzene rings is 1. The van der Waals surface area contributed by atoms with Crippen LogP contribution >= 0.6 is 0 Å². The Kier molecular flexibility index (Phi) is 5.08. The monoisotopic (exact) mass is 276 g/mol. The molecule has 0 atom stereocenters. The molecule has 0 aliphatic rings. The Labute approximate surface area is 116 Å². The molecule has 2 rings (SSSR count). The molecule has 0 spiro atoms. The second-order valence-electron chi connectivity index (χ2n) is 4.12. The summed E-state index contributed by atoms with van der Waals surface area (Å²) in [6.07, 6.45) is 3.66. The van der Waals surface area contributed by atoms with Crippen LogP contribution in [0.15, 0.2) is 42.7 Å². The summed E-state index contributed by atoms with van der Waals surface area (Å²) >= 11 is 0. The van der Waals surface area contributed by atoms with Gasteiger partial charge in [-0.3, -0.25) is 14.8 Å². The van der Waals surface area contributed by atoms with Crippen LogP contribution in [0.2, 0.25) is 0 Å². The molecule has 1 heterocycles. The fraction of sp³-hybridized carbons (Fsp3) is 0.308. The fourth-order valence-corrected chi connectivity index (χ4v) is 1.66. The molecule has 0 aliphatic carbocycles. The Hall–Kier alpha value is -2.41. The molecule has 1 aromatic heterocycles. The van der Waals surface area contributed by atoms with E-state index in [0.29, 0.717) is 18.9 Å². The van der Waals surface area contributed by atoms with Crippen molar-refractivity contribution in [1.29, 1.82) is 0 Å². The maximum atomic E-state index is 10.5. The van der Waals surface area contributed by atoms with Gasteiger partial charge in [-0.2, -0.15) is 5.10 Å². The van der Waals surface area contributed by atoms with Crippen LogP contribution in [0.3, 0.4) is 0 Å². The Morgan fingerprint density at radius 3 is 2.75 bits per heavy atom. The van der Waals surface area contributed by atoms with Crippen molar-refractivity contribution in [2.24, 2.45) is 0 Å². The van der Waals surface area contributed by atoms with Gasteiger partial charge in [0.15, 0.2) is 0 Å². The minimum Gasteiger partial charge on any atom is -0.492 e. The maximum Gasteiger partial charge on any atom is 0.269 e. The van der Waals surface area contributed by atoms with Gasteiger partial charge in [-0.1, -0.05) is 0 Å². The Morgan fingerprint density at radius 1 is 1.30 bits per heavy atom. The maximum absolute atomic E-state index is 10.5. The largest absolute Gasteiger partial charge is 0.492 e. The lowest BCUT2D eigenvalue weighted by Gasteiger charge is -2.07. The first kappa shape index (κ1) is 14.0. The number of non-ortho nitro benzene ring substituents is 1. The molecule has 0 aliphatic heterocycles. The smallest absolute Gasteiger partial charge is 0.269 e. The van der Waals surface area contributed by atoms with Gasteiger partial charge in [0.1, 0.15) is 12.4 Å². The molecule has 0 amide bonds. The zero-order chi connectivity index (χ0) is 14.2. The molecule has 1 aromatic carbocycles. The second kappa shape index (κ2) is 7.25. The zero-order valence-electron chi connectivity index (χ0n) is 10.9. The van der Waals surface area contributed by atoms with Gasteiger partial charge >= 0.3 is 0 Å². The number of hydrogen-bond acceptors (Lipinski definition) is 5. The molecular weight excluding hydrogens is 260 g/mol. The molecule has 20 heavy (non-hydrogen) atoms. The highest BCUT2D eigenvalue weighted by Gasteiger charge is 2.03. The number of nitrogens with one attached hydrogen (secondary N) is 1. The summed E-state index contributed by atoms with van der Waals surface area (Å²) in [5, 5.41) is 17.8. The van der Waals surface area contributed by atoms with Gasteiger partial charge in [0.2, 0.25) is 0 Å². The SMILES string of the molecule is O=[N+]([O-])c1ccc(OCCNCCn2cccn2)cc1. The topological polar surface area (TPSA) is 82.2 Å².